The highest BCUT2D eigenvalue weighted by Crippen LogP contribution is 2.36. The van der Waals surface area contributed by atoms with Crippen molar-refractivity contribution in [2.45, 2.75) is 84.0 Å². The Morgan fingerprint density at radius 1 is 1.11 bits per heavy atom. The molecule has 2 aliphatic rings. The number of carbonyl (C=O) groups excluding carboxylic acids is 1. The van der Waals surface area contributed by atoms with Gasteiger partial charge in [-0.1, -0.05) is 12.5 Å². The number of rotatable bonds is 3. The fourth-order valence-electron chi connectivity index (χ4n) is 2.93. The minimum absolute atomic E-state index is 0.245. The Hall–Kier alpha value is -1.60. The predicted octanol–water partition coefficient (Wildman–Crippen LogP) is 3.27. The third kappa shape index (κ3) is 5.94. The number of nitrogens with zero attached hydrogens (tertiary/aromatic N) is 1. The summed E-state index contributed by atoms with van der Waals surface area (Å²) < 4.78 is 22.1. The molecule has 0 aromatic carbocycles. The third-order valence-electron chi connectivity index (χ3n) is 5.41. The van der Waals surface area contributed by atoms with E-state index in [4.69, 9.17) is 14.0 Å². The van der Waals surface area contributed by atoms with Crippen LogP contribution < -0.4 is 10.2 Å². The van der Waals surface area contributed by atoms with Crippen LogP contribution in [0, 0.1) is 0 Å². The van der Waals surface area contributed by atoms with Crippen LogP contribution in [0.4, 0.5) is 0 Å². The Balaban J connectivity index is 0.000000465. The Morgan fingerprint density at radius 2 is 1.67 bits per heavy atom. The maximum atomic E-state index is 9.59. The van der Waals surface area contributed by atoms with Gasteiger partial charge in [0.05, 0.1) is 18.3 Å². The molecule has 150 valence electrons. The molecule has 0 radical (unpaired) electrons. The summed E-state index contributed by atoms with van der Waals surface area (Å²) in [6, 6.07) is 3.92. The van der Waals surface area contributed by atoms with E-state index in [-0.39, 0.29) is 24.3 Å². The molecule has 1 saturated carbocycles. The molecule has 1 aliphatic heterocycles. The van der Waals surface area contributed by atoms with Crippen LogP contribution in [0.25, 0.3) is 0 Å². The molecule has 1 aromatic heterocycles. The van der Waals surface area contributed by atoms with E-state index in [1.165, 1.54) is 33.3 Å². The molecule has 0 unspecified atom stereocenters. The zero-order valence-corrected chi connectivity index (χ0v) is 17.4. The lowest BCUT2D eigenvalue weighted by molar-refractivity contribution is -0.137. The second kappa shape index (κ2) is 9.06. The minimum atomic E-state index is -0.360. The Bertz CT molecular complexity index is 595. The molecule has 0 amide bonds. The van der Waals surface area contributed by atoms with Crippen molar-refractivity contribution in [3.8, 4) is 5.88 Å². The average Bonchev–Trinajstić information content (AvgIpc) is 2.84. The summed E-state index contributed by atoms with van der Waals surface area (Å²) in [5.74, 6) is 0.456. The summed E-state index contributed by atoms with van der Waals surface area (Å²) in [4.78, 5) is 14.0. The van der Waals surface area contributed by atoms with Gasteiger partial charge in [0.25, 0.3) is 0 Å². The highest BCUT2D eigenvalue weighted by molar-refractivity contribution is 6.62. The quantitative estimate of drug-likeness (QED) is 0.595. The molecular formula is C20H32BNO5. The Morgan fingerprint density at radius 3 is 2.11 bits per heavy atom. The number of aromatic nitrogens is 1. The molecule has 6 nitrogen and oxygen atoms in total. The van der Waals surface area contributed by atoms with Crippen molar-refractivity contribution in [2.75, 3.05) is 7.11 Å². The largest absolute Gasteiger partial charge is 0.496 e. The van der Waals surface area contributed by atoms with Crippen LogP contribution in [0.5, 0.6) is 5.88 Å². The van der Waals surface area contributed by atoms with E-state index in [1.807, 2.05) is 12.1 Å². The van der Waals surface area contributed by atoms with Crippen LogP contribution >= 0.6 is 0 Å². The first-order chi connectivity index (χ1) is 12.6. The molecule has 1 saturated heterocycles. The summed E-state index contributed by atoms with van der Waals surface area (Å²) in [5, 5.41) is 0. The smallest absolute Gasteiger partial charge is 0.474 e. The first-order valence-corrected chi connectivity index (χ1v) is 9.67. The van der Waals surface area contributed by atoms with Gasteiger partial charge in [-0.05, 0) is 59.4 Å². The van der Waals surface area contributed by atoms with Crippen LogP contribution in [-0.4, -0.2) is 42.5 Å². The number of hydrogen-bond donors (Lipinski definition) is 0. The van der Waals surface area contributed by atoms with Gasteiger partial charge >= 0.3 is 13.1 Å². The number of pyridine rings is 1. The monoisotopic (exact) mass is 377 g/mol. The van der Waals surface area contributed by atoms with Gasteiger partial charge in [0, 0.05) is 18.6 Å². The van der Waals surface area contributed by atoms with Gasteiger partial charge in [-0.3, -0.25) is 4.79 Å². The molecule has 3 rings (SSSR count). The second-order valence-corrected chi connectivity index (χ2v) is 8.09. The van der Waals surface area contributed by atoms with Gasteiger partial charge in [-0.2, -0.15) is 0 Å². The maximum absolute atomic E-state index is 9.59. The van der Waals surface area contributed by atoms with E-state index in [0.717, 1.165) is 18.3 Å². The lowest BCUT2D eigenvalue weighted by atomic mass is 9.80. The van der Waals surface area contributed by atoms with Gasteiger partial charge in [-0.15, -0.1) is 0 Å². The van der Waals surface area contributed by atoms with Crippen molar-refractivity contribution in [1.29, 1.82) is 0 Å². The SMILES string of the molecule is CC1(C)OB(c2ccc(OC3CCCCC3)nc2)OC1(C)C.COC(C)=O. The zero-order valence-electron chi connectivity index (χ0n) is 17.4. The molecule has 1 aromatic rings. The minimum Gasteiger partial charge on any atom is -0.474 e. The van der Waals surface area contributed by atoms with E-state index in [1.54, 1.807) is 6.20 Å². The van der Waals surface area contributed by atoms with Gasteiger partial charge in [0.1, 0.15) is 6.10 Å². The summed E-state index contributed by atoms with van der Waals surface area (Å²) >= 11 is 0. The van der Waals surface area contributed by atoms with Gasteiger partial charge in [-0.25, -0.2) is 4.98 Å². The molecule has 0 N–H and O–H groups in total. The van der Waals surface area contributed by atoms with E-state index < -0.39 is 0 Å². The Labute approximate surface area is 163 Å². The van der Waals surface area contributed by atoms with E-state index in [0.29, 0.717) is 12.0 Å². The van der Waals surface area contributed by atoms with Gasteiger partial charge in [0.2, 0.25) is 5.88 Å². The van der Waals surface area contributed by atoms with Gasteiger partial charge < -0.3 is 18.8 Å². The number of hydrogen-bond acceptors (Lipinski definition) is 6. The number of ether oxygens (including phenoxy) is 2. The van der Waals surface area contributed by atoms with Crippen LogP contribution in [0.3, 0.4) is 0 Å². The van der Waals surface area contributed by atoms with Crippen molar-refractivity contribution in [1.82, 2.24) is 4.98 Å². The highest BCUT2D eigenvalue weighted by atomic mass is 16.7. The lowest BCUT2D eigenvalue weighted by Gasteiger charge is -2.32. The van der Waals surface area contributed by atoms with Crippen molar-refractivity contribution in [2.24, 2.45) is 0 Å². The standard InChI is InChI=1S/C17H26BNO3.C3H6O2/c1-16(2)17(3,4)22-18(21-16)13-10-11-15(19-12-13)20-14-8-6-5-7-9-14;1-3(4)5-2/h10-12,14H,5-9H2,1-4H3;1-2H3. The zero-order chi connectivity index (χ0) is 20.1. The summed E-state index contributed by atoms with van der Waals surface area (Å²) in [7, 11) is 0.990. The first-order valence-electron chi connectivity index (χ1n) is 9.67. The molecule has 0 atom stereocenters. The molecule has 0 bridgehead atoms. The third-order valence-corrected chi connectivity index (χ3v) is 5.41. The summed E-state index contributed by atoms with van der Waals surface area (Å²) in [6.45, 7) is 9.59. The predicted molar refractivity (Wildman–Crippen MR) is 105 cm³/mol. The van der Waals surface area contributed by atoms with Crippen molar-refractivity contribution in [3.05, 3.63) is 18.3 Å². The first kappa shape index (κ1) is 21.7. The molecule has 7 heteroatoms. The van der Waals surface area contributed by atoms with E-state index in [9.17, 15) is 4.79 Å². The molecular weight excluding hydrogens is 345 g/mol. The fourth-order valence-corrected chi connectivity index (χ4v) is 2.93. The summed E-state index contributed by atoms with van der Waals surface area (Å²) in [5.41, 5.74) is 0.291. The van der Waals surface area contributed by atoms with Crippen LogP contribution in [0.1, 0.15) is 66.7 Å². The number of esters is 1. The number of carbonyl (C=O) groups is 1. The van der Waals surface area contributed by atoms with E-state index in [2.05, 4.69) is 37.4 Å². The maximum Gasteiger partial charge on any atom is 0.496 e. The van der Waals surface area contributed by atoms with Crippen molar-refractivity contribution in [3.63, 3.8) is 0 Å². The van der Waals surface area contributed by atoms with Gasteiger partial charge in [0.15, 0.2) is 0 Å². The molecule has 1 aliphatic carbocycles. The van der Waals surface area contributed by atoms with Crippen LogP contribution in [-0.2, 0) is 18.8 Å². The fraction of sp³-hybridized carbons (Fsp3) is 0.700. The van der Waals surface area contributed by atoms with E-state index >= 15 is 0 Å². The summed E-state index contributed by atoms with van der Waals surface area (Å²) in [6.07, 6.45) is 8.26. The van der Waals surface area contributed by atoms with Crippen molar-refractivity contribution >= 4 is 18.6 Å². The highest BCUT2D eigenvalue weighted by Gasteiger charge is 2.51. The molecule has 2 heterocycles. The topological polar surface area (TPSA) is 66.9 Å². The second-order valence-electron chi connectivity index (χ2n) is 8.09. The Kier molecular flexibility index (Phi) is 7.29. The average molecular weight is 377 g/mol. The van der Waals surface area contributed by atoms with Crippen LogP contribution in [0.15, 0.2) is 18.3 Å². The lowest BCUT2D eigenvalue weighted by Crippen LogP contribution is -2.41. The van der Waals surface area contributed by atoms with Crippen LogP contribution in [0.2, 0.25) is 0 Å². The van der Waals surface area contributed by atoms with Crippen molar-refractivity contribution < 1.29 is 23.6 Å². The molecule has 27 heavy (non-hydrogen) atoms. The molecule has 2 fully saturated rings. The normalized spacial score (nSPS) is 21.2. The molecule has 0 spiro atoms. The number of methoxy groups -OCH3 is 1.